The minimum Gasteiger partial charge on any atom is -0.478 e. The van der Waals surface area contributed by atoms with Gasteiger partial charge in [-0.2, -0.15) is 0 Å². The Labute approximate surface area is 161 Å². The second-order valence-electron chi connectivity index (χ2n) is 6.65. The number of benzene rings is 1. The van der Waals surface area contributed by atoms with E-state index >= 15 is 0 Å². The van der Waals surface area contributed by atoms with E-state index in [0.29, 0.717) is 35.9 Å². The number of rotatable bonds is 6. The molecule has 2 heterocycles. The average Bonchev–Trinajstić information content (AvgIpc) is 3.21. The number of nitrogens with one attached hydrogen (secondary N) is 1. The lowest BCUT2D eigenvalue weighted by Gasteiger charge is -2.32. The van der Waals surface area contributed by atoms with E-state index in [2.05, 4.69) is 5.32 Å². The van der Waals surface area contributed by atoms with Gasteiger partial charge in [0.1, 0.15) is 0 Å². The van der Waals surface area contributed by atoms with Crippen molar-refractivity contribution in [1.29, 1.82) is 0 Å². The van der Waals surface area contributed by atoms with E-state index in [1.54, 1.807) is 29.2 Å². The summed E-state index contributed by atoms with van der Waals surface area (Å²) >= 11 is 1.34. The van der Waals surface area contributed by atoms with Crippen LogP contribution >= 0.6 is 11.3 Å². The number of aromatic carboxylic acids is 1. The largest absolute Gasteiger partial charge is 0.478 e. The van der Waals surface area contributed by atoms with Gasteiger partial charge in [-0.1, -0.05) is 24.3 Å². The van der Waals surface area contributed by atoms with Crippen LogP contribution in [0.5, 0.6) is 0 Å². The Hall–Kier alpha value is -2.67. The first kappa shape index (κ1) is 19.1. The van der Waals surface area contributed by atoms with Gasteiger partial charge >= 0.3 is 5.97 Å². The van der Waals surface area contributed by atoms with Crippen molar-refractivity contribution >= 4 is 29.1 Å². The number of nitrogens with zero attached hydrogens (tertiary/aromatic N) is 1. The quantitative estimate of drug-likeness (QED) is 0.799. The van der Waals surface area contributed by atoms with Crippen LogP contribution in [0.25, 0.3) is 0 Å². The van der Waals surface area contributed by atoms with Crippen molar-refractivity contribution < 1.29 is 19.5 Å². The van der Waals surface area contributed by atoms with E-state index in [1.807, 2.05) is 17.5 Å². The number of piperidine rings is 1. The number of hydrogen-bond acceptors (Lipinski definition) is 4. The zero-order valence-corrected chi connectivity index (χ0v) is 15.7. The number of hydrogen-bond donors (Lipinski definition) is 2. The molecule has 0 spiro atoms. The van der Waals surface area contributed by atoms with Crippen molar-refractivity contribution in [1.82, 2.24) is 10.2 Å². The molecule has 0 radical (unpaired) electrons. The number of likely N-dealkylation sites (tertiary alicyclic amines) is 1. The predicted molar refractivity (Wildman–Crippen MR) is 103 cm³/mol. The zero-order chi connectivity index (χ0) is 19.2. The van der Waals surface area contributed by atoms with Gasteiger partial charge in [-0.15, -0.1) is 11.3 Å². The molecule has 2 aromatic rings. The molecule has 0 atom stereocenters. The zero-order valence-electron chi connectivity index (χ0n) is 14.9. The predicted octanol–water partition coefficient (Wildman–Crippen LogP) is 2.66. The molecule has 142 valence electrons. The molecule has 7 heteroatoms. The van der Waals surface area contributed by atoms with Gasteiger partial charge in [-0.3, -0.25) is 9.59 Å². The number of thiophene rings is 1. The average molecular weight is 386 g/mol. The maximum Gasteiger partial charge on any atom is 0.335 e. The molecule has 27 heavy (non-hydrogen) atoms. The second-order valence-corrected chi connectivity index (χ2v) is 7.60. The molecule has 1 aromatic carbocycles. The Morgan fingerprint density at radius 2 is 1.85 bits per heavy atom. The summed E-state index contributed by atoms with van der Waals surface area (Å²) in [6.07, 6.45) is 2.37. The highest BCUT2D eigenvalue weighted by Gasteiger charge is 2.24. The number of carbonyl (C=O) groups is 3. The SMILES string of the molecule is O=C(NCC(=O)N1CCC(Cc2ccccc2C(=O)O)CC1)c1cccs1. The van der Waals surface area contributed by atoms with Gasteiger partial charge in [-0.25, -0.2) is 4.79 Å². The fourth-order valence-electron chi connectivity index (χ4n) is 3.37. The summed E-state index contributed by atoms with van der Waals surface area (Å²) in [7, 11) is 0. The molecule has 2 amide bonds. The van der Waals surface area contributed by atoms with Crippen molar-refractivity contribution in [3.05, 3.63) is 57.8 Å². The Kier molecular flexibility index (Phi) is 6.24. The lowest BCUT2D eigenvalue weighted by molar-refractivity contribution is -0.131. The monoisotopic (exact) mass is 386 g/mol. The number of amides is 2. The van der Waals surface area contributed by atoms with Gasteiger partial charge in [0, 0.05) is 13.1 Å². The molecular weight excluding hydrogens is 364 g/mol. The summed E-state index contributed by atoms with van der Waals surface area (Å²) in [4.78, 5) is 37.9. The van der Waals surface area contributed by atoms with Crippen molar-refractivity contribution in [2.75, 3.05) is 19.6 Å². The van der Waals surface area contributed by atoms with Crippen LogP contribution in [-0.4, -0.2) is 47.4 Å². The van der Waals surface area contributed by atoms with Gasteiger partial charge in [0.05, 0.1) is 17.0 Å². The first-order valence-corrected chi connectivity index (χ1v) is 9.83. The van der Waals surface area contributed by atoms with Gasteiger partial charge in [0.2, 0.25) is 5.91 Å². The Morgan fingerprint density at radius 1 is 1.11 bits per heavy atom. The molecular formula is C20H22N2O4S. The molecule has 0 bridgehead atoms. The highest BCUT2D eigenvalue weighted by atomic mass is 32.1. The van der Waals surface area contributed by atoms with E-state index in [-0.39, 0.29) is 18.4 Å². The molecule has 1 aliphatic heterocycles. The second kappa shape index (κ2) is 8.81. The third kappa shape index (κ3) is 4.95. The first-order valence-electron chi connectivity index (χ1n) is 8.95. The summed E-state index contributed by atoms with van der Waals surface area (Å²) in [5, 5.41) is 13.8. The molecule has 6 nitrogen and oxygen atoms in total. The van der Waals surface area contributed by atoms with Crippen molar-refractivity contribution in [3.8, 4) is 0 Å². The third-order valence-electron chi connectivity index (χ3n) is 4.87. The maximum atomic E-state index is 12.3. The smallest absolute Gasteiger partial charge is 0.335 e. The standard InChI is InChI=1S/C20H22N2O4S/c23-18(13-21-19(24)17-6-3-11-27-17)22-9-7-14(8-10-22)12-15-4-1-2-5-16(15)20(25)26/h1-6,11,14H,7-10,12-13H2,(H,21,24)(H,25,26). The minimum absolute atomic E-state index is 0.00322. The topological polar surface area (TPSA) is 86.7 Å². The Bertz CT molecular complexity index is 811. The van der Waals surface area contributed by atoms with E-state index in [4.69, 9.17) is 0 Å². The van der Waals surface area contributed by atoms with E-state index in [9.17, 15) is 19.5 Å². The third-order valence-corrected chi connectivity index (χ3v) is 5.74. The summed E-state index contributed by atoms with van der Waals surface area (Å²) < 4.78 is 0. The van der Waals surface area contributed by atoms with Crippen molar-refractivity contribution in [2.45, 2.75) is 19.3 Å². The van der Waals surface area contributed by atoms with Crippen LogP contribution in [-0.2, 0) is 11.2 Å². The maximum absolute atomic E-state index is 12.3. The van der Waals surface area contributed by atoms with Gasteiger partial charge < -0.3 is 15.3 Å². The normalized spacial score (nSPS) is 14.7. The van der Waals surface area contributed by atoms with Crippen LogP contribution in [0.1, 0.15) is 38.4 Å². The van der Waals surface area contributed by atoms with Crippen LogP contribution in [0, 0.1) is 5.92 Å². The Balaban J connectivity index is 1.47. The van der Waals surface area contributed by atoms with E-state index < -0.39 is 5.97 Å². The fourth-order valence-corrected chi connectivity index (χ4v) is 4.01. The fraction of sp³-hybridized carbons (Fsp3) is 0.350. The van der Waals surface area contributed by atoms with Crippen molar-refractivity contribution in [2.24, 2.45) is 5.92 Å². The first-order chi connectivity index (χ1) is 13.0. The number of carboxylic acid groups (broad SMARTS) is 1. The van der Waals surface area contributed by atoms with E-state index in [0.717, 1.165) is 18.4 Å². The molecule has 1 aromatic heterocycles. The minimum atomic E-state index is -0.903. The van der Waals surface area contributed by atoms with E-state index in [1.165, 1.54) is 11.3 Å². The van der Waals surface area contributed by atoms with Crippen LogP contribution in [0.4, 0.5) is 0 Å². The van der Waals surface area contributed by atoms with Gasteiger partial charge in [0.15, 0.2) is 0 Å². The summed E-state index contributed by atoms with van der Waals surface area (Å²) in [5.41, 5.74) is 1.20. The molecule has 2 N–H and O–H groups in total. The lowest BCUT2D eigenvalue weighted by Crippen LogP contribution is -2.44. The number of carbonyl (C=O) groups excluding carboxylic acids is 2. The molecule has 0 unspecified atom stereocenters. The molecule has 3 rings (SSSR count). The van der Waals surface area contributed by atoms with Gasteiger partial charge in [-0.05, 0) is 48.3 Å². The highest BCUT2D eigenvalue weighted by molar-refractivity contribution is 7.12. The molecule has 0 aliphatic carbocycles. The van der Waals surface area contributed by atoms with Crippen molar-refractivity contribution in [3.63, 3.8) is 0 Å². The van der Waals surface area contributed by atoms with Crippen LogP contribution < -0.4 is 5.32 Å². The number of carboxylic acids is 1. The molecule has 0 saturated carbocycles. The molecule has 1 saturated heterocycles. The van der Waals surface area contributed by atoms with Crippen LogP contribution in [0.15, 0.2) is 41.8 Å². The lowest BCUT2D eigenvalue weighted by atomic mass is 9.88. The summed E-state index contributed by atoms with van der Waals surface area (Å²) in [5.74, 6) is -0.849. The summed E-state index contributed by atoms with van der Waals surface area (Å²) in [6, 6.07) is 10.6. The molecule has 1 fully saturated rings. The van der Waals surface area contributed by atoms with Crippen LogP contribution in [0.2, 0.25) is 0 Å². The highest BCUT2D eigenvalue weighted by Crippen LogP contribution is 2.23. The van der Waals surface area contributed by atoms with Gasteiger partial charge in [0.25, 0.3) is 5.91 Å². The molecule has 1 aliphatic rings. The Morgan fingerprint density at radius 3 is 2.52 bits per heavy atom. The van der Waals surface area contributed by atoms with Crippen LogP contribution in [0.3, 0.4) is 0 Å². The summed E-state index contributed by atoms with van der Waals surface area (Å²) in [6.45, 7) is 1.27.